The van der Waals surface area contributed by atoms with E-state index < -0.39 is 0 Å². The highest BCUT2D eigenvalue weighted by atomic mass is 16.3. The van der Waals surface area contributed by atoms with Crippen molar-refractivity contribution in [1.29, 1.82) is 0 Å². The summed E-state index contributed by atoms with van der Waals surface area (Å²) in [5, 5.41) is 9.98. The van der Waals surface area contributed by atoms with Crippen LogP contribution in [-0.2, 0) is 0 Å². The lowest BCUT2D eigenvalue weighted by Gasteiger charge is -2.12. The van der Waals surface area contributed by atoms with E-state index in [1.165, 1.54) is 16.7 Å². The Bertz CT molecular complexity index is 2040. The van der Waals surface area contributed by atoms with Crippen molar-refractivity contribution in [2.75, 3.05) is 0 Å². The zero-order valence-electron chi connectivity index (χ0n) is 22.6. The maximum absolute atomic E-state index is 9.98. The zero-order chi connectivity index (χ0) is 27.4. The smallest absolute Gasteiger partial charge is 0.115 e. The van der Waals surface area contributed by atoms with Crippen LogP contribution in [0.4, 0.5) is 0 Å². The Morgan fingerprint density at radius 1 is 0.575 bits per heavy atom. The summed E-state index contributed by atoms with van der Waals surface area (Å²) in [5.74, 6) is 0.229. The third-order valence-corrected chi connectivity index (χ3v) is 7.88. The molecule has 8 bridgehead atoms. The summed E-state index contributed by atoms with van der Waals surface area (Å²) in [5.41, 5.74) is 15.3. The molecule has 2 aromatic carbocycles. The van der Waals surface area contributed by atoms with Gasteiger partial charge in [0, 0.05) is 33.2 Å². The normalized spacial score (nSPS) is 12.3. The molecule has 0 atom stereocenters. The van der Waals surface area contributed by atoms with E-state index in [0.717, 1.165) is 67.1 Å². The monoisotopic (exact) mass is 520 g/mol. The Kier molecular flexibility index (Phi) is 5.53. The van der Waals surface area contributed by atoms with Crippen LogP contribution in [-0.4, -0.2) is 25.0 Å². The van der Waals surface area contributed by atoms with Crippen molar-refractivity contribution in [3.05, 3.63) is 112 Å². The van der Waals surface area contributed by atoms with E-state index in [0.29, 0.717) is 0 Å². The summed E-state index contributed by atoms with van der Waals surface area (Å²) in [4.78, 5) is 17.2. The first-order valence-corrected chi connectivity index (χ1v) is 13.4. The van der Waals surface area contributed by atoms with E-state index in [1.54, 1.807) is 12.1 Å². The number of aryl methyl sites for hydroxylation is 1. The fourth-order valence-electron chi connectivity index (χ4n) is 5.52. The molecule has 7 rings (SSSR count). The molecule has 194 valence electrons. The second kappa shape index (κ2) is 9.24. The van der Waals surface area contributed by atoms with Crippen molar-refractivity contribution in [3.8, 4) is 28.0 Å². The lowest BCUT2D eigenvalue weighted by Crippen LogP contribution is -1.93. The predicted octanol–water partition coefficient (Wildman–Crippen LogP) is 8.62. The molecule has 0 saturated heterocycles. The number of H-pyrrole nitrogens is 2. The maximum atomic E-state index is 9.98. The third kappa shape index (κ3) is 4.12. The van der Waals surface area contributed by atoms with Gasteiger partial charge in [0.2, 0.25) is 0 Å². The van der Waals surface area contributed by atoms with Crippen LogP contribution in [0.5, 0.6) is 5.75 Å². The molecule has 5 heteroatoms. The van der Waals surface area contributed by atoms with E-state index in [1.807, 2.05) is 30.4 Å². The molecule has 3 aromatic heterocycles. The SMILES string of the molecule is Cc1ccc(-c2c3nc(c(-c4ccc(O)cc4)c4ccc(cc5nc(cc6ccc2[nH]6)C=C5)[nH]4)C=C3)c(C)c1C. The average molecular weight is 521 g/mol. The van der Waals surface area contributed by atoms with Crippen LogP contribution in [0.2, 0.25) is 0 Å². The molecule has 2 aliphatic rings. The van der Waals surface area contributed by atoms with Gasteiger partial charge in [-0.1, -0.05) is 24.3 Å². The molecule has 40 heavy (non-hydrogen) atoms. The summed E-state index contributed by atoms with van der Waals surface area (Å²) in [6.45, 7) is 6.51. The number of nitrogens with one attached hydrogen (secondary N) is 2. The van der Waals surface area contributed by atoms with Crippen molar-refractivity contribution in [1.82, 2.24) is 19.9 Å². The van der Waals surface area contributed by atoms with Gasteiger partial charge in [0.05, 0.1) is 22.8 Å². The number of aromatic amines is 2. The molecule has 0 fully saturated rings. The minimum absolute atomic E-state index is 0.229. The van der Waals surface area contributed by atoms with Gasteiger partial charge in [-0.15, -0.1) is 0 Å². The number of phenolic OH excluding ortho intramolecular Hbond substituents is 1. The van der Waals surface area contributed by atoms with Crippen LogP contribution < -0.4 is 0 Å². The molecule has 0 radical (unpaired) electrons. The number of phenols is 1. The van der Waals surface area contributed by atoms with Crippen molar-refractivity contribution in [2.24, 2.45) is 0 Å². The summed E-state index contributed by atoms with van der Waals surface area (Å²) >= 11 is 0. The molecule has 0 amide bonds. The highest BCUT2D eigenvalue weighted by Gasteiger charge is 2.17. The summed E-state index contributed by atoms with van der Waals surface area (Å²) < 4.78 is 0. The molecule has 0 spiro atoms. The number of aromatic hydroxyl groups is 1. The highest BCUT2D eigenvalue weighted by Crippen LogP contribution is 2.36. The quantitative estimate of drug-likeness (QED) is 0.213. The largest absolute Gasteiger partial charge is 0.508 e. The fourth-order valence-corrected chi connectivity index (χ4v) is 5.52. The number of aromatic nitrogens is 4. The summed E-state index contributed by atoms with van der Waals surface area (Å²) in [7, 11) is 0. The van der Waals surface area contributed by atoms with Gasteiger partial charge in [-0.3, -0.25) is 0 Å². The second-order valence-corrected chi connectivity index (χ2v) is 10.4. The van der Waals surface area contributed by atoms with Crippen LogP contribution >= 0.6 is 0 Å². The predicted molar refractivity (Wildman–Crippen MR) is 166 cm³/mol. The first-order valence-electron chi connectivity index (χ1n) is 13.4. The van der Waals surface area contributed by atoms with Crippen LogP contribution in [0, 0.1) is 20.8 Å². The standard InChI is InChI=1S/C35H28N4O/c1-20-4-13-29(22(3)21(20)2)35-32-15-10-27(38-32)19-25-8-7-24(36-25)18-26-9-14-30(37-26)34(31-16-17-33(35)39-31)23-5-11-28(40)12-6-23/h4-19,37-38,40H,1-3H3. The van der Waals surface area contributed by atoms with Crippen molar-refractivity contribution in [2.45, 2.75) is 20.8 Å². The second-order valence-electron chi connectivity index (χ2n) is 10.4. The maximum Gasteiger partial charge on any atom is 0.115 e. The molecule has 0 saturated carbocycles. The Balaban J connectivity index is 1.64. The number of nitrogens with zero attached hydrogens (tertiary/aromatic N) is 2. The molecular weight excluding hydrogens is 492 g/mol. The topological polar surface area (TPSA) is 77.6 Å². The number of hydrogen-bond acceptors (Lipinski definition) is 3. The van der Waals surface area contributed by atoms with E-state index in [-0.39, 0.29) is 5.75 Å². The summed E-state index contributed by atoms with van der Waals surface area (Å²) in [6.07, 6.45) is 8.24. The fraction of sp³-hybridized carbons (Fsp3) is 0.0857. The van der Waals surface area contributed by atoms with E-state index in [9.17, 15) is 5.11 Å². The average Bonchev–Trinajstić information content (AvgIpc) is 3.76. The number of hydrogen-bond donors (Lipinski definition) is 3. The minimum Gasteiger partial charge on any atom is -0.508 e. The first-order chi connectivity index (χ1) is 19.4. The van der Waals surface area contributed by atoms with E-state index in [2.05, 4.69) is 85.4 Å². The first kappa shape index (κ1) is 23.9. The highest BCUT2D eigenvalue weighted by molar-refractivity contribution is 5.96. The van der Waals surface area contributed by atoms with Crippen molar-refractivity contribution < 1.29 is 5.11 Å². The number of rotatable bonds is 2. The lowest BCUT2D eigenvalue weighted by atomic mass is 9.93. The van der Waals surface area contributed by atoms with Crippen molar-refractivity contribution >= 4 is 46.4 Å². The number of benzene rings is 2. The summed E-state index contributed by atoms with van der Waals surface area (Å²) in [6, 6.07) is 24.1. The minimum atomic E-state index is 0.229. The Labute approximate surface area is 232 Å². The molecular formula is C35H28N4O. The molecule has 2 aliphatic heterocycles. The van der Waals surface area contributed by atoms with Gasteiger partial charge in [-0.05, 0) is 121 Å². The lowest BCUT2D eigenvalue weighted by molar-refractivity contribution is 0.475. The van der Waals surface area contributed by atoms with Gasteiger partial charge >= 0.3 is 0 Å². The molecule has 0 aliphatic carbocycles. The van der Waals surface area contributed by atoms with E-state index >= 15 is 0 Å². The molecule has 5 heterocycles. The van der Waals surface area contributed by atoms with Gasteiger partial charge in [-0.2, -0.15) is 0 Å². The zero-order valence-corrected chi connectivity index (χ0v) is 22.6. The molecule has 0 unspecified atom stereocenters. The molecule has 3 N–H and O–H groups in total. The third-order valence-electron chi connectivity index (χ3n) is 7.88. The van der Waals surface area contributed by atoms with Gasteiger partial charge < -0.3 is 15.1 Å². The van der Waals surface area contributed by atoms with Gasteiger partial charge in [-0.25, -0.2) is 9.97 Å². The Morgan fingerprint density at radius 2 is 1.18 bits per heavy atom. The molecule has 5 aromatic rings. The van der Waals surface area contributed by atoms with Crippen LogP contribution in [0.25, 0.3) is 68.6 Å². The van der Waals surface area contributed by atoms with Crippen LogP contribution in [0.3, 0.4) is 0 Å². The van der Waals surface area contributed by atoms with Gasteiger partial charge in [0.1, 0.15) is 5.75 Å². The molecule has 5 nitrogen and oxygen atoms in total. The van der Waals surface area contributed by atoms with Crippen molar-refractivity contribution in [3.63, 3.8) is 0 Å². The van der Waals surface area contributed by atoms with Gasteiger partial charge in [0.15, 0.2) is 0 Å². The van der Waals surface area contributed by atoms with Crippen LogP contribution in [0.1, 0.15) is 39.5 Å². The Morgan fingerprint density at radius 3 is 1.82 bits per heavy atom. The van der Waals surface area contributed by atoms with Crippen LogP contribution in [0.15, 0.2) is 72.8 Å². The van der Waals surface area contributed by atoms with Gasteiger partial charge in [0.25, 0.3) is 0 Å². The number of fused-ring (bicyclic) bond motifs is 8. The Hall–Kier alpha value is -5.16. The van der Waals surface area contributed by atoms with E-state index in [4.69, 9.17) is 9.97 Å².